The van der Waals surface area contributed by atoms with Gasteiger partial charge in [0, 0.05) is 12.0 Å². The quantitative estimate of drug-likeness (QED) is 0.384. The van der Waals surface area contributed by atoms with E-state index in [9.17, 15) is 19.5 Å². The minimum Gasteiger partial charge on any atom is -0.481 e. The van der Waals surface area contributed by atoms with Crippen LogP contribution in [0.15, 0.2) is 11.1 Å². The van der Waals surface area contributed by atoms with Crippen LogP contribution in [0.4, 0.5) is 5.00 Å². The number of amides is 1. The van der Waals surface area contributed by atoms with E-state index in [-0.39, 0.29) is 12.5 Å². The molecule has 0 saturated carbocycles. The number of carbonyl (C=O) groups excluding carboxylic acids is 2. The van der Waals surface area contributed by atoms with E-state index < -0.39 is 23.8 Å². The number of esters is 1. The Balaban J connectivity index is 1.86. The first kappa shape index (κ1) is 22.5. The van der Waals surface area contributed by atoms with Crippen molar-refractivity contribution in [2.75, 3.05) is 25.6 Å². The fourth-order valence-corrected chi connectivity index (χ4v) is 5.47. The number of methoxy groups -OCH3 is 1. The average Bonchev–Trinajstić information content (AvgIpc) is 3.07. The topological polar surface area (TPSA) is 102 Å². The Bertz CT molecular complexity index is 871. The van der Waals surface area contributed by atoms with E-state index in [0.717, 1.165) is 47.3 Å². The van der Waals surface area contributed by atoms with Gasteiger partial charge in [-0.1, -0.05) is 11.1 Å². The van der Waals surface area contributed by atoms with E-state index in [1.165, 1.54) is 18.4 Å². The highest BCUT2D eigenvalue weighted by Gasteiger charge is 2.38. The molecule has 8 heteroatoms. The summed E-state index contributed by atoms with van der Waals surface area (Å²) in [5.41, 5.74) is 3.46. The summed E-state index contributed by atoms with van der Waals surface area (Å²) in [4.78, 5) is 38.8. The van der Waals surface area contributed by atoms with Crippen molar-refractivity contribution in [1.29, 1.82) is 0 Å². The molecule has 2 aliphatic rings. The van der Waals surface area contributed by atoms with Gasteiger partial charge in [-0.2, -0.15) is 0 Å². The summed E-state index contributed by atoms with van der Waals surface area (Å²) in [5.74, 6) is -3.21. The Labute approximate surface area is 180 Å². The number of nitrogens with one attached hydrogen (secondary N) is 1. The minimum absolute atomic E-state index is 0.139. The van der Waals surface area contributed by atoms with Gasteiger partial charge in [0.05, 0.1) is 24.0 Å². The van der Waals surface area contributed by atoms with Crippen molar-refractivity contribution in [3.63, 3.8) is 0 Å². The Hall–Kier alpha value is -2.19. The van der Waals surface area contributed by atoms with Crippen LogP contribution in [0.3, 0.4) is 0 Å². The molecule has 1 amide bonds. The summed E-state index contributed by atoms with van der Waals surface area (Å²) in [7, 11) is 1.53. The summed E-state index contributed by atoms with van der Waals surface area (Å²) in [5, 5.41) is 13.0. The Morgan fingerprint density at radius 3 is 2.40 bits per heavy atom. The molecule has 0 radical (unpaired) electrons. The zero-order chi connectivity index (χ0) is 21.8. The second-order valence-electron chi connectivity index (χ2n) is 8.05. The number of ether oxygens (including phenoxy) is 2. The predicted octanol–water partition coefficient (Wildman–Crippen LogP) is 3.82. The maximum atomic E-state index is 13.1. The molecule has 3 rings (SSSR count). The fourth-order valence-electron chi connectivity index (χ4n) is 4.19. The Morgan fingerprint density at radius 2 is 1.73 bits per heavy atom. The molecule has 0 saturated heterocycles. The summed E-state index contributed by atoms with van der Waals surface area (Å²) in [6.07, 6.45) is 4.46. The molecule has 7 nitrogen and oxygen atoms in total. The van der Waals surface area contributed by atoms with Gasteiger partial charge < -0.3 is 19.9 Å². The van der Waals surface area contributed by atoms with Crippen LogP contribution in [-0.4, -0.2) is 43.3 Å². The van der Waals surface area contributed by atoms with Gasteiger partial charge in [0.15, 0.2) is 0 Å². The lowest BCUT2D eigenvalue weighted by Crippen LogP contribution is -2.36. The number of carboxylic acid groups (broad SMARTS) is 1. The summed E-state index contributed by atoms with van der Waals surface area (Å²) < 4.78 is 10.3. The monoisotopic (exact) mass is 435 g/mol. The van der Waals surface area contributed by atoms with E-state index in [0.29, 0.717) is 30.0 Å². The molecule has 0 aromatic carbocycles. The van der Waals surface area contributed by atoms with Crippen LogP contribution in [0.1, 0.15) is 60.3 Å². The standard InChI is InChI=1S/C22H29NO6S/c1-12-10-15(16(21(25)26)11-13(12)2)19(24)23-20-18(22(27)29-9-8-28-3)14-6-4-5-7-17(14)30-20/h15-16H,4-11H2,1-3H3,(H,23,24)(H,25,26)/t15-,16+/m0/s1. The van der Waals surface area contributed by atoms with Crippen molar-refractivity contribution >= 4 is 34.2 Å². The van der Waals surface area contributed by atoms with E-state index >= 15 is 0 Å². The van der Waals surface area contributed by atoms with Crippen molar-refractivity contribution in [3.8, 4) is 0 Å². The van der Waals surface area contributed by atoms with Crippen LogP contribution in [-0.2, 0) is 31.9 Å². The number of carboxylic acids is 1. The number of carbonyl (C=O) groups is 3. The Morgan fingerprint density at radius 1 is 1.07 bits per heavy atom. The van der Waals surface area contributed by atoms with Gasteiger partial charge in [-0.3, -0.25) is 9.59 Å². The summed E-state index contributed by atoms with van der Waals surface area (Å²) in [6.45, 7) is 4.30. The van der Waals surface area contributed by atoms with E-state index in [4.69, 9.17) is 9.47 Å². The zero-order valence-electron chi connectivity index (χ0n) is 17.7. The number of hydrogen-bond donors (Lipinski definition) is 2. The molecule has 1 aromatic rings. The molecular formula is C22H29NO6S. The predicted molar refractivity (Wildman–Crippen MR) is 114 cm³/mol. The minimum atomic E-state index is -0.966. The van der Waals surface area contributed by atoms with Gasteiger partial charge in [0.1, 0.15) is 11.6 Å². The molecule has 30 heavy (non-hydrogen) atoms. The maximum Gasteiger partial charge on any atom is 0.341 e. The smallest absolute Gasteiger partial charge is 0.341 e. The van der Waals surface area contributed by atoms with Gasteiger partial charge in [0.2, 0.25) is 5.91 Å². The maximum absolute atomic E-state index is 13.1. The van der Waals surface area contributed by atoms with Gasteiger partial charge in [-0.15, -0.1) is 11.3 Å². The first-order valence-electron chi connectivity index (χ1n) is 10.3. The molecular weight excluding hydrogens is 406 g/mol. The molecule has 1 aromatic heterocycles. The normalized spacial score (nSPS) is 21.2. The summed E-state index contributed by atoms with van der Waals surface area (Å²) >= 11 is 1.41. The van der Waals surface area contributed by atoms with Crippen molar-refractivity contribution in [3.05, 3.63) is 27.2 Å². The average molecular weight is 436 g/mol. The number of rotatable bonds is 7. The third kappa shape index (κ3) is 4.75. The van der Waals surface area contributed by atoms with E-state index in [2.05, 4.69) is 5.32 Å². The lowest BCUT2D eigenvalue weighted by Gasteiger charge is -2.29. The molecule has 2 aliphatic carbocycles. The number of fused-ring (bicyclic) bond motifs is 1. The van der Waals surface area contributed by atoms with Crippen molar-refractivity contribution in [2.24, 2.45) is 11.8 Å². The number of aryl methyl sites for hydroxylation is 1. The molecule has 2 atom stereocenters. The number of allylic oxidation sites excluding steroid dienone is 2. The molecule has 0 fully saturated rings. The highest BCUT2D eigenvalue weighted by Crippen LogP contribution is 2.40. The van der Waals surface area contributed by atoms with Gasteiger partial charge in [-0.25, -0.2) is 4.79 Å². The number of aliphatic carboxylic acids is 1. The highest BCUT2D eigenvalue weighted by molar-refractivity contribution is 7.17. The molecule has 0 aliphatic heterocycles. The second kappa shape index (κ2) is 9.75. The second-order valence-corrected chi connectivity index (χ2v) is 9.16. The molecule has 1 heterocycles. The van der Waals surface area contributed by atoms with Crippen molar-refractivity contribution in [1.82, 2.24) is 0 Å². The first-order chi connectivity index (χ1) is 14.3. The van der Waals surface area contributed by atoms with Gasteiger partial charge >= 0.3 is 11.9 Å². The number of thiophene rings is 1. The number of anilines is 1. The SMILES string of the molecule is COCCOC(=O)c1c(NC(=O)[C@H]2CC(C)=C(C)C[C@H]2C(=O)O)sc2c1CCCC2. The van der Waals surface area contributed by atoms with E-state index in [1.807, 2.05) is 13.8 Å². The Kier molecular flexibility index (Phi) is 7.31. The largest absolute Gasteiger partial charge is 0.481 e. The summed E-state index contributed by atoms with van der Waals surface area (Å²) in [6, 6.07) is 0. The fraction of sp³-hybridized carbons (Fsp3) is 0.591. The van der Waals surface area contributed by atoms with Crippen LogP contribution in [0.25, 0.3) is 0 Å². The van der Waals surface area contributed by atoms with Crippen LogP contribution in [0.5, 0.6) is 0 Å². The van der Waals surface area contributed by atoms with Crippen LogP contribution >= 0.6 is 11.3 Å². The van der Waals surface area contributed by atoms with E-state index in [1.54, 1.807) is 0 Å². The lowest BCUT2D eigenvalue weighted by atomic mass is 9.76. The van der Waals surface area contributed by atoms with Crippen LogP contribution in [0.2, 0.25) is 0 Å². The highest BCUT2D eigenvalue weighted by atomic mass is 32.1. The van der Waals surface area contributed by atoms with Gasteiger partial charge in [-0.05, 0) is 57.9 Å². The van der Waals surface area contributed by atoms with Gasteiger partial charge in [0.25, 0.3) is 0 Å². The van der Waals surface area contributed by atoms with Crippen molar-refractivity contribution < 1.29 is 29.0 Å². The van der Waals surface area contributed by atoms with Crippen LogP contribution < -0.4 is 5.32 Å². The molecule has 0 unspecified atom stereocenters. The zero-order valence-corrected chi connectivity index (χ0v) is 18.5. The molecule has 0 spiro atoms. The van der Waals surface area contributed by atoms with Crippen molar-refractivity contribution in [2.45, 2.75) is 52.4 Å². The molecule has 164 valence electrons. The third-order valence-corrected chi connectivity index (χ3v) is 7.26. The first-order valence-corrected chi connectivity index (χ1v) is 11.1. The lowest BCUT2D eigenvalue weighted by molar-refractivity contribution is -0.146. The molecule has 2 N–H and O–H groups in total. The van der Waals surface area contributed by atoms with Crippen LogP contribution in [0, 0.1) is 11.8 Å². The molecule has 0 bridgehead atoms. The number of hydrogen-bond acceptors (Lipinski definition) is 6. The third-order valence-electron chi connectivity index (χ3n) is 6.05.